The fraction of sp³-hybridized carbons (Fsp3) is 0.333. The summed E-state index contributed by atoms with van der Waals surface area (Å²) >= 11 is 1.75. The van der Waals surface area contributed by atoms with E-state index in [1.165, 1.54) is 0 Å². The molecule has 0 heterocycles. The number of hydrogen-bond acceptors (Lipinski definition) is 1. The molecule has 0 aromatic rings. The van der Waals surface area contributed by atoms with Gasteiger partial charge in [0.15, 0.2) is 7.14 Å². The lowest BCUT2D eigenvalue weighted by Crippen LogP contribution is -2.00. The molecule has 0 rings (SSSR count). The maximum atomic E-state index is 11.6. The van der Waals surface area contributed by atoms with Crippen molar-refractivity contribution in [3.63, 3.8) is 0 Å². The summed E-state index contributed by atoms with van der Waals surface area (Å²) in [5.74, 6) is 0. The zero-order valence-electron chi connectivity index (χ0n) is 3.64. The fourth-order valence-corrected chi connectivity index (χ4v) is 0. The Balaban J connectivity index is 4.26. The molecule has 0 aromatic heterocycles. The summed E-state index contributed by atoms with van der Waals surface area (Å²) in [5.41, 5.74) is 0. The minimum atomic E-state index is -4.27. The van der Waals surface area contributed by atoms with Gasteiger partial charge in [0.05, 0.1) is 0 Å². The van der Waals surface area contributed by atoms with Gasteiger partial charge in [0.1, 0.15) is 0 Å². The number of alkyl halides is 3. The topological polar surface area (TPSA) is 17.1 Å². The summed E-state index contributed by atoms with van der Waals surface area (Å²) in [6.07, 6.45) is 0. The number of hydrogen-bond donors (Lipinski definition) is 0. The molecule has 0 bridgehead atoms. The van der Waals surface area contributed by atoms with Gasteiger partial charge in [-0.25, -0.2) is 0 Å². The minimum Gasteiger partial charge on any atom is -0.316 e. The summed E-state index contributed by atoms with van der Waals surface area (Å²) in [5, 5.41) is 0. The SMILES string of the molecule is [CH]P([CH])(=O)C(F)(F)Br. The van der Waals surface area contributed by atoms with Gasteiger partial charge in [0.25, 0.3) is 0 Å². The van der Waals surface area contributed by atoms with E-state index < -0.39 is 11.7 Å². The lowest BCUT2D eigenvalue weighted by atomic mass is 11.7. The first-order valence-electron chi connectivity index (χ1n) is 1.49. The molecule has 1 nitrogen and oxygen atoms in total. The van der Waals surface area contributed by atoms with Crippen LogP contribution < -0.4 is 0 Å². The number of halogens is 3. The summed E-state index contributed by atoms with van der Waals surface area (Å²) in [7, 11) is -4.27. The van der Waals surface area contributed by atoms with Crippen molar-refractivity contribution in [2.24, 2.45) is 0 Å². The molecule has 4 radical (unpaired) electrons. The van der Waals surface area contributed by atoms with Gasteiger partial charge in [-0.15, -0.1) is 0 Å². The van der Waals surface area contributed by atoms with Crippen molar-refractivity contribution in [1.29, 1.82) is 0 Å². The van der Waals surface area contributed by atoms with Crippen LogP contribution in [0, 0.1) is 13.3 Å². The van der Waals surface area contributed by atoms with Crippen molar-refractivity contribution in [3.8, 4) is 0 Å². The Bertz CT molecular complexity index is 124. The van der Waals surface area contributed by atoms with E-state index in [0.717, 1.165) is 0 Å². The Morgan fingerprint density at radius 3 is 1.62 bits per heavy atom. The third-order valence-electron chi connectivity index (χ3n) is 0.396. The van der Waals surface area contributed by atoms with E-state index in [1.54, 1.807) is 15.9 Å². The first-order valence-corrected chi connectivity index (χ1v) is 4.13. The highest BCUT2D eigenvalue weighted by atomic mass is 79.9. The zero-order chi connectivity index (χ0) is 7.00. The predicted molar refractivity (Wildman–Crippen MR) is 30.1 cm³/mol. The quantitative estimate of drug-likeness (QED) is 0.472. The monoisotopic (exact) mass is 202 g/mol. The Morgan fingerprint density at radius 2 is 1.62 bits per heavy atom. The lowest BCUT2D eigenvalue weighted by molar-refractivity contribution is 0.205. The lowest BCUT2D eigenvalue weighted by Gasteiger charge is -2.10. The molecule has 0 saturated carbocycles. The van der Waals surface area contributed by atoms with Crippen molar-refractivity contribution in [2.45, 2.75) is 4.57 Å². The third-order valence-corrected chi connectivity index (χ3v) is 2.85. The van der Waals surface area contributed by atoms with Crippen molar-refractivity contribution < 1.29 is 13.3 Å². The second-order valence-corrected chi connectivity index (χ2v) is 4.77. The highest BCUT2D eigenvalue weighted by Crippen LogP contribution is 2.60. The van der Waals surface area contributed by atoms with Gasteiger partial charge < -0.3 is 4.57 Å². The molecule has 0 aromatic carbocycles. The van der Waals surface area contributed by atoms with Gasteiger partial charge in [-0.2, -0.15) is 8.78 Å². The molecule has 5 heteroatoms. The second-order valence-electron chi connectivity index (χ2n) is 1.18. The van der Waals surface area contributed by atoms with E-state index in [4.69, 9.17) is 0 Å². The Kier molecular flexibility index (Phi) is 2.22. The largest absolute Gasteiger partial charge is 0.351 e. The highest BCUT2D eigenvalue weighted by Gasteiger charge is 2.39. The molecular formula is C3H2BrF2OP. The Morgan fingerprint density at radius 1 is 1.50 bits per heavy atom. The van der Waals surface area contributed by atoms with E-state index >= 15 is 0 Å². The molecule has 0 atom stereocenters. The molecule has 0 unspecified atom stereocenters. The van der Waals surface area contributed by atoms with Crippen molar-refractivity contribution in [1.82, 2.24) is 0 Å². The molecule has 0 spiro atoms. The van der Waals surface area contributed by atoms with Gasteiger partial charge in [-0.3, -0.25) is 0 Å². The van der Waals surface area contributed by atoms with Crippen LogP contribution in [-0.2, 0) is 4.57 Å². The summed E-state index contributed by atoms with van der Waals surface area (Å²) in [4.78, 5) is 0. The van der Waals surface area contributed by atoms with E-state index in [9.17, 15) is 13.3 Å². The van der Waals surface area contributed by atoms with Crippen molar-refractivity contribution >= 4 is 23.1 Å². The molecular weight excluding hydrogens is 201 g/mol. The van der Waals surface area contributed by atoms with E-state index in [-0.39, 0.29) is 0 Å². The highest BCUT2D eigenvalue weighted by molar-refractivity contribution is 9.11. The maximum Gasteiger partial charge on any atom is 0.351 e. The van der Waals surface area contributed by atoms with Crippen LogP contribution in [0.15, 0.2) is 0 Å². The van der Waals surface area contributed by atoms with Crippen LogP contribution in [0.3, 0.4) is 0 Å². The molecule has 0 amide bonds. The molecule has 0 aliphatic carbocycles. The van der Waals surface area contributed by atoms with Gasteiger partial charge in [0.2, 0.25) is 0 Å². The van der Waals surface area contributed by atoms with Crippen LogP contribution in [0.1, 0.15) is 0 Å². The van der Waals surface area contributed by atoms with Gasteiger partial charge in [-0.1, -0.05) is 0 Å². The molecule has 0 aliphatic heterocycles. The molecule has 0 saturated heterocycles. The van der Waals surface area contributed by atoms with Crippen LogP contribution in [0.5, 0.6) is 0 Å². The average molecular weight is 203 g/mol. The predicted octanol–water partition coefficient (Wildman–Crippen LogP) is 2.63. The van der Waals surface area contributed by atoms with Gasteiger partial charge in [-0.05, 0) is 15.9 Å². The van der Waals surface area contributed by atoms with Crippen LogP contribution >= 0.6 is 23.1 Å². The Labute approximate surface area is 55.0 Å². The third kappa shape index (κ3) is 2.23. The summed E-state index contributed by atoms with van der Waals surface area (Å²) < 4.78 is 29.6. The standard InChI is InChI=1S/C3H2BrF2OP/c1-8(2,7)3(4,5)6/h1-2H. The molecule has 8 heavy (non-hydrogen) atoms. The van der Waals surface area contributed by atoms with Crippen LogP contribution in [-0.4, -0.2) is 4.57 Å². The number of rotatable bonds is 1. The summed E-state index contributed by atoms with van der Waals surface area (Å²) in [6, 6.07) is 0. The molecule has 0 N–H and O–H groups in total. The van der Waals surface area contributed by atoms with Crippen LogP contribution in [0.2, 0.25) is 0 Å². The van der Waals surface area contributed by atoms with Crippen LogP contribution in [0.25, 0.3) is 0 Å². The Hall–Kier alpha value is 0.570. The molecule has 0 fully saturated rings. The molecule has 0 aliphatic rings. The first-order chi connectivity index (χ1) is 3.25. The van der Waals surface area contributed by atoms with Gasteiger partial charge >= 0.3 is 4.57 Å². The maximum absolute atomic E-state index is 11.6. The molecule has 46 valence electrons. The van der Waals surface area contributed by atoms with E-state index in [2.05, 4.69) is 13.3 Å². The van der Waals surface area contributed by atoms with Gasteiger partial charge in [0, 0.05) is 13.3 Å². The van der Waals surface area contributed by atoms with E-state index in [1.807, 2.05) is 0 Å². The van der Waals surface area contributed by atoms with Crippen molar-refractivity contribution in [2.75, 3.05) is 0 Å². The minimum absolute atomic E-state index is 1.75. The smallest absolute Gasteiger partial charge is 0.316 e. The zero-order valence-corrected chi connectivity index (χ0v) is 6.12. The second kappa shape index (κ2) is 2.07. The average Bonchev–Trinajstić information content (AvgIpc) is 1.25. The summed E-state index contributed by atoms with van der Waals surface area (Å²) in [6.45, 7) is 8.70. The van der Waals surface area contributed by atoms with Crippen molar-refractivity contribution in [3.05, 3.63) is 13.3 Å². The van der Waals surface area contributed by atoms with E-state index in [0.29, 0.717) is 0 Å². The fourth-order valence-electron chi connectivity index (χ4n) is 0. The van der Waals surface area contributed by atoms with Crippen LogP contribution in [0.4, 0.5) is 8.78 Å². The normalized spacial score (nSPS) is 14.1. The first kappa shape index (κ1) is 8.57.